The molecule has 2 heterocycles. The lowest BCUT2D eigenvalue weighted by Gasteiger charge is -2.43. The molecule has 32 heavy (non-hydrogen) atoms. The molecule has 0 bridgehead atoms. The molecule has 1 unspecified atom stereocenters. The Bertz CT molecular complexity index is 1050. The molecule has 3 rings (SSSR count). The Morgan fingerprint density at radius 3 is 2.53 bits per heavy atom. The molecule has 11 nitrogen and oxygen atoms in total. The van der Waals surface area contributed by atoms with E-state index in [0.29, 0.717) is 23.0 Å². The average molecular weight is 455 g/mol. The number of aliphatic hydroxyl groups is 4. The van der Waals surface area contributed by atoms with Gasteiger partial charge in [0.25, 0.3) is 5.56 Å². The third-order valence-corrected chi connectivity index (χ3v) is 5.50. The Kier molecular flexibility index (Phi) is 6.95. The van der Waals surface area contributed by atoms with E-state index in [-0.39, 0.29) is 17.0 Å². The van der Waals surface area contributed by atoms with Gasteiger partial charge < -0.3 is 30.4 Å². The van der Waals surface area contributed by atoms with Gasteiger partial charge in [0.1, 0.15) is 12.2 Å². The number of aromatic amines is 1. The van der Waals surface area contributed by atoms with Crippen molar-refractivity contribution < 1.29 is 34.8 Å². The van der Waals surface area contributed by atoms with Gasteiger partial charge >= 0.3 is 11.6 Å². The minimum absolute atomic E-state index is 0.126. The SMILES string of the molecule is CCCCC(F)N(O)[C@@]1(O)[C@H](O)[C@@H](CO)O[C@@]1(O)n1cc(-c2ccccc2)c(=O)[nH]c1=O. The van der Waals surface area contributed by atoms with Gasteiger partial charge in [-0.3, -0.25) is 9.78 Å². The molecule has 1 aromatic carbocycles. The van der Waals surface area contributed by atoms with E-state index in [1.54, 1.807) is 25.1 Å². The number of alkyl halides is 1. The topological polar surface area (TPSA) is 168 Å². The number of ether oxygens (including phenoxy) is 1. The van der Waals surface area contributed by atoms with Crippen molar-refractivity contribution in [3.63, 3.8) is 0 Å². The van der Waals surface area contributed by atoms with Crippen molar-refractivity contribution in [1.82, 2.24) is 14.6 Å². The second-order valence-electron chi connectivity index (χ2n) is 7.58. The summed E-state index contributed by atoms with van der Waals surface area (Å²) in [5, 5.41) is 52.6. The van der Waals surface area contributed by atoms with Crippen LogP contribution in [0.4, 0.5) is 4.39 Å². The van der Waals surface area contributed by atoms with Crippen LogP contribution in [0.5, 0.6) is 0 Å². The molecule has 0 radical (unpaired) electrons. The summed E-state index contributed by atoms with van der Waals surface area (Å²) in [6.07, 6.45) is -4.81. The smallest absolute Gasteiger partial charge is 0.332 e. The zero-order valence-electron chi connectivity index (χ0n) is 17.3. The van der Waals surface area contributed by atoms with Crippen molar-refractivity contribution in [2.24, 2.45) is 0 Å². The third-order valence-electron chi connectivity index (χ3n) is 5.50. The molecule has 1 aliphatic heterocycles. The second kappa shape index (κ2) is 9.19. The molecule has 1 aliphatic rings. The van der Waals surface area contributed by atoms with E-state index >= 15 is 0 Å². The third kappa shape index (κ3) is 3.79. The van der Waals surface area contributed by atoms with Gasteiger partial charge in [0.05, 0.1) is 12.2 Å². The van der Waals surface area contributed by atoms with Crippen LogP contribution in [0.15, 0.2) is 46.1 Å². The van der Waals surface area contributed by atoms with Crippen molar-refractivity contribution in [3.8, 4) is 11.1 Å². The number of aromatic nitrogens is 2. The lowest BCUT2D eigenvalue weighted by molar-refractivity contribution is -0.428. The van der Waals surface area contributed by atoms with Crippen LogP contribution in [0.25, 0.3) is 11.1 Å². The number of hydrogen-bond donors (Lipinski definition) is 6. The van der Waals surface area contributed by atoms with Gasteiger partial charge in [0.2, 0.25) is 5.72 Å². The van der Waals surface area contributed by atoms with E-state index in [1.165, 1.54) is 12.1 Å². The summed E-state index contributed by atoms with van der Waals surface area (Å²) in [6.45, 7) is 0.814. The van der Waals surface area contributed by atoms with Gasteiger partial charge in [-0.25, -0.2) is 13.8 Å². The number of rotatable bonds is 8. The molecular formula is C20H26FN3O8. The Morgan fingerprint density at radius 2 is 1.94 bits per heavy atom. The largest absolute Gasteiger partial charge is 0.394 e. The lowest BCUT2D eigenvalue weighted by Crippen LogP contribution is -2.69. The highest BCUT2D eigenvalue weighted by Gasteiger charge is 2.71. The van der Waals surface area contributed by atoms with Crippen LogP contribution in [0.2, 0.25) is 0 Å². The first kappa shape index (κ1) is 24.2. The van der Waals surface area contributed by atoms with E-state index in [9.17, 15) is 39.6 Å². The number of hydrogen-bond acceptors (Lipinski definition) is 9. The van der Waals surface area contributed by atoms with Crippen LogP contribution in [0, 0.1) is 0 Å². The van der Waals surface area contributed by atoms with Crippen LogP contribution in [0.1, 0.15) is 26.2 Å². The quantitative estimate of drug-likeness (QED) is 0.173. The van der Waals surface area contributed by atoms with Crippen molar-refractivity contribution in [1.29, 1.82) is 0 Å². The number of hydroxylamine groups is 2. The molecule has 1 aromatic heterocycles. The van der Waals surface area contributed by atoms with Gasteiger partial charge in [-0.2, -0.15) is 0 Å². The highest BCUT2D eigenvalue weighted by Crippen LogP contribution is 2.44. The molecule has 5 atom stereocenters. The van der Waals surface area contributed by atoms with Crippen LogP contribution in [-0.2, 0) is 10.6 Å². The van der Waals surface area contributed by atoms with E-state index in [2.05, 4.69) is 0 Å². The number of aliphatic hydroxyl groups excluding tert-OH is 2. The molecule has 0 saturated carbocycles. The molecule has 0 aliphatic carbocycles. The van der Waals surface area contributed by atoms with Crippen LogP contribution < -0.4 is 11.2 Å². The molecule has 2 aromatic rings. The number of nitrogens with one attached hydrogen (secondary N) is 1. The summed E-state index contributed by atoms with van der Waals surface area (Å²) in [5.74, 6) is -3.30. The zero-order valence-corrected chi connectivity index (χ0v) is 17.3. The molecule has 6 N–H and O–H groups in total. The Hall–Kier alpha value is -2.45. The predicted octanol–water partition coefficient (Wildman–Crippen LogP) is -0.576. The van der Waals surface area contributed by atoms with Crippen LogP contribution >= 0.6 is 0 Å². The predicted molar refractivity (Wildman–Crippen MR) is 108 cm³/mol. The number of H-pyrrole nitrogens is 1. The normalized spacial score (nSPS) is 28.9. The number of halogens is 1. The van der Waals surface area contributed by atoms with Crippen molar-refractivity contribution in [2.75, 3.05) is 6.61 Å². The van der Waals surface area contributed by atoms with Crippen molar-refractivity contribution in [3.05, 3.63) is 57.4 Å². The molecule has 1 saturated heterocycles. The zero-order chi connectivity index (χ0) is 23.7. The van der Waals surface area contributed by atoms with Gasteiger partial charge in [0, 0.05) is 6.20 Å². The molecule has 0 spiro atoms. The van der Waals surface area contributed by atoms with Crippen molar-refractivity contribution >= 4 is 0 Å². The average Bonchev–Trinajstić information content (AvgIpc) is 2.99. The molecule has 0 amide bonds. The van der Waals surface area contributed by atoms with E-state index in [4.69, 9.17) is 4.74 Å². The molecule has 1 fully saturated rings. The molecule has 176 valence electrons. The van der Waals surface area contributed by atoms with Gasteiger partial charge in [-0.1, -0.05) is 43.7 Å². The first-order valence-electron chi connectivity index (χ1n) is 10.1. The summed E-state index contributed by atoms with van der Waals surface area (Å²) in [7, 11) is 0. The van der Waals surface area contributed by atoms with Gasteiger partial charge in [-0.15, -0.1) is 5.06 Å². The first-order chi connectivity index (χ1) is 15.1. The maximum atomic E-state index is 14.7. The molecular weight excluding hydrogens is 429 g/mol. The number of nitrogens with zero attached hydrogens (tertiary/aromatic N) is 2. The summed E-state index contributed by atoms with van der Waals surface area (Å²) in [6, 6.07) is 7.99. The fourth-order valence-corrected chi connectivity index (χ4v) is 3.70. The lowest BCUT2D eigenvalue weighted by atomic mass is 9.99. The summed E-state index contributed by atoms with van der Waals surface area (Å²) in [5.41, 5.74) is -5.23. The van der Waals surface area contributed by atoms with E-state index in [1.807, 2.05) is 4.98 Å². The maximum Gasteiger partial charge on any atom is 0.332 e. The van der Waals surface area contributed by atoms with E-state index < -0.39 is 48.0 Å². The maximum absolute atomic E-state index is 14.7. The Morgan fingerprint density at radius 1 is 1.28 bits per heavy atom. The van der Waals surface area contributed by atoms with Crippen molar-refractivity contribution in [2.45, 2.75) is 56.3 Å². The second-order valence-corrected chi connectivity index (χ2v) is 7.58. The minimum atomic E-state index is -3.33. The molecule has 12 heteroatoms. The van der Waals surface area contributed by atoms with Gasteiger partial charge in [0.15, 0.2) is 6.30 Å². The summed E-state index contributed by atoms with van der Waals surface area (Å²) >= 11 is 0. The standard InChI is InChI=1S/C20H26FN3O8/c1-2-3-9-15(21)24(31)19(29)16(26)14(11-25)32-20(19,30)23-10-13(17(27)22-18(23)28)12-7-5-4-6-8-12/h4-8,10,14-16,25-26,29-31H,2-3,9,11H2,1H3,(H,22,27,28)/t14-,15?,16-,19-,20-/m1/s1. The van der Waals surface area contributed by atoms with Crippen LogP contribution in [0.3, 0.4) is 0 Å². The van der Waals surface area contributed by atoms with E-state index in [0.717, 1.165) is 6.20 Å². The minimum Gasteiger partial charge on any atom is -0.394 e. The Balaban J connectivity index is 2.19. The fraction of sp³-hybridized carbons (Fsp3) is 0.500. The summed E-state index contributed by atoms with van der Waals surface area (Å²) < 4.78 is 20.2. The Labute approximate surface area is 181 Å². The summed E-state index contributed by atoms with van der Waals surface area (Å²) in [4.78, 5) is 26.9. The fourth-order valence-electron chi connectivity index (χ4n) is 3.70. The number of unbranched alkanes of at least 4 members (excludes halogenated alkanes) is 1. The number of benzene rings is 1. The van der Waals surface area contributed by atoms with Crippen LogP contribution in [-0.4, -0.2) is 71.1 Å². The highest BCUT2D eigenvalue weighted by molar-refractivity contribution is 5.61. The van der Waals surface area contributed by atoms with Gasteiger partial charge in [-0.05, 0) is 18.4 Å². The monoisotopic (exact) mass is 455 g/mol. The first-order valence-corrected chi connectivity index (χ1v) is 10.1. The highest BCUT2D eigenvalue weighted by atomic mass is 19.1.